The summed E-state index contributed by atoms with van der Waals surface area (Å²) in [5, 5.41) is 0.557. The fraction of sp³-hybridized carbons (Fsp3) is 0.750. The van der Waals surface area contributed by atoms with Gasteiger partial charge in [-0.15, -0.1) is 0 Å². The van der Waals surface area contributed by atoms with Crippen LogP contribution in [0, 0.1) is 5.41 Å². The topological polar surface area (TPSA) is 51.8 Å². The fourth-order valence-electron chi connectivity index (χ4n) is 0.810. The summed E-state index contributed by atoms with van der Waals surface area (Å²) in [7, 11) is 0. The van der Waals surface area contributed by atoms with Gasteiger partial charge in [0, 0.05) is 17.5 Å². The van der Waals surface area contributed by atoms with Crippen LogP contribution in [0.4, 0.5) is 5.13 Å². The van der Waals surface area contributed by atoms with Gasteiger partial charge in [-0.3, -0.25) is 0 Å². The molecule has 1 rings (SSSR count). The number of hydrogen-bond acceptors (Lipinski definition) is 4. The molecule has 4 heteroatoms. The highest BCUT2D eigenvalue weighted by Crippen LogP contribution is 2.33. The van der Waals surface area contributed by atoms with E-state index in [2.05, 4.69) is 37.1 Å². The Kier molecular flexibility index (Phi) is 2.37. The summed E-state index contributed by atoms with van der Waals surface area (Å²) in [5.74, 6) is 1.22. The van der Waals surface area contributed by atoms with E-state index in [0.29, 0.717) is 11.0 Å². The van der Waals surface area contributed by atoms with Crippen molar-refractivity contribution in [3.8, 4) is 0 Å². The van der Waals surface area contributed by atoms with Crippen LogP contribution < -0.4 is 5.73 Å². The Hall–Kier alpha value is -0.640. The summed E-state index contributed by atoms with van der Waals surface area (Å²) in [5.41, 5.74) is 5.71. The van der Waals surface area contributed by atoms with Gasteiger partial charge in [-0.25, -0.2) is 4.98 Å². The maximum Gasteiger partial charge on any atom is 0.199 e. The van der Waals surface area contributed by atoms with E-state index < -0.39 is 0 Å². The molecule has 0 radical (unpaired) electrons. The molecule has 0 saturated carbocycles. The van der Waals surface area contributed by atoms with Crippen molar-refractivity contribution in [2.24, 2.45) is 5.41 Å². The summed E-state index contributed by atoms with van der Waals surface area (Å²) < 4.78 is 4.19. The maximum atomic E-state index is 5.50. The third kappa shape index (κ3) is 1.94. The molecule has 1 atom stereocenters. The second kappa shape index (κ2) is 3.01. The van der Waals surface area contributed by atoms with Crippen molar-refractivity contribution < 1.29 is 0 Å². The Morgan fingerprint density at radius 2 is 2.00 bits per heavy atom. The molecule has 0 saturated heterocycles. The van der Waals surface area contributed by atoms with E-state index in [-0.39, 0.29) is 5.41 Å². The SMILES string of the molecule is CC(c1nsc(N)n1)C(C)(C)C. The first kappa shape index (κ1) is 9.45. The van der Waals surface area contributed by atoms with Crippen molar-refractivity contribution in [1.29, 1.82) is 0 Å². The van der Waals surface area contributed by atoms with Gasteiger partial charge >= 0.3 is 0 Å². The fourth-order valence-corrected chi connectivity index (χ4v) is 1.33. The monoisotopic (exact) mass is 185 g/mol. The normalized spacial score (nSPS) is 14.7. The molecule has 0 amide bonds. The van der Waals surface area contributed by atoms with Gasteiger partial charge in [-0.05, 0) is 5.41 Å². The Morgan fingerprint density at radius 1 is 1.42 bits per heavy atom. The van der Waals surface area contributed by atoms with Crippen molar-refractivity contribution in [3.05, 3.63) is 5.82 Å². The van der Waals surface area contributed by atoms with E-state index in [9.17, 15) is 0 Å². The molecule has 2 N–H and O–H groups in total. The molecule has 0 spiro atoms. The van der Waals surface area contributed by atoms with E-state index in [1.54, 1.807) is 0 Å². The van der Waals surface area contributed by atoms with Crippen LogP contribution in [-0.4, -0.2) is 9.36 Å². The van der Waals surface area contributed by atoms with Crippen molar-refractivity contribution in [1.82, 2.24) is 9.36 Å². The van der Waals surface area contributed by atoms with E-state index in [4.69, 9.17) is 5.73 Å². The minimum atomic E-state index is 0.202. The molecule has 1 unspecified atom stereocenters. The minimum Gasteiger partial charge on any atom is -0.374 e. The number of hydrogen-bond donors (Lipinski definition) is 1. The van der Waals surface area contributed by atoms with Crippen LogP contribution in [0.5, 0.6) is 0 Å². The summed E-state index contributed by atoms with van der Waals surface area (Å²) in [4.78, 5) is 4.16. The standard InChI is InChI=1S/C8H15N3S/c1-5(8(2,3)4)6-10-7(9)12-11-6/h5H,1-4H3,(H2,9,10,11). The number of rotatable bonds is 1. The van der Waals surface area contributed by atoms with Gasteiger partial charge in [0.1, 0.15) is 5.82 Å². The number of nitrogen functional groups attached to an aromatic ring is 1. The molecule has 0 fully saturated rings. The number of anilines is 1. The largest absolute Gasteiger partial charge is 0.374 e. The van der Waals surface area contributed by atoms with Gasteiger partial charge in [0.05, 0.1) is 0 Å². The van der Waals surface area contributed by atoms with Gasteiger partial charge in [-0.1, -0.05) is 27.7 Å². The quantitative estimate of drug-likeness (QED) is 0.730. The zero-order valence-electron chi connectivity index (χ0n) is 7.96. The van der Waals surface area contributed by atoms with Crippen molar-refractivity contribution in [2.45, 2.75) is 33.6 Å². The van der Waals surface area contributed by atoms with E-state index in [0.717, 1.165) is 5.82 Å². The van der Waals surface area contributed by atoms with Crippen LogP contribution in [0.1, 0.15) is 39.4 Å². The maximum absolute atomic E-state index is 5.50. The first-order chi connectivity index (χ1) is 5.41. The molecule has 3 nitrogen and oxygen atoms in total. The molecular weight excluding hydrogens is 170 g/mol. The molecule has 0 aliphatic rings. The Balaban J connectivity index is 2.85. The molecule has 68 valence electrons. The summed E-state index contributed by atoms with van der Waals surface area (Å²) in [6.45, 7) is 8.65. The second-order valence-electron chi connectivity index (χ2n) is 4.08. The van der Waals surface area contributed by atoms with Crippen LogP contribution in [0.3, 0.4) is 0 Å². The van der Waals surface area contributed by atoms with Crippen LogP contribution in [0.15, 0.2) is 0 Å². The van der Waals surface area contributed by atoms with Gasteiger partial charge in [0.2, 0.25) is 0 Å². The predicted octanol–water partition coefficient (Wildman–Crippen LogP) is 2.27. The molecule has 0 aromatic carbocycles. The number of aromatic nitrogens is 2. The van der Waals surface area contributed by atoms with E-state index >= 15 is 0 Å². The highest BCUT2D eigenvalue weighted by atomic mass is 32.1. The van der Waals surface area contributed by atoms with Crippen molar-refractivity contribution >= 4 is 16.7 Å². The minimum absolute atomic E-state index is 0.202. The zero-order valence-corrected chi connectivity index (χ0v) is 8.77. The number of nitrogens with two attached hydrogens (primary N) is 1. The lowest BCUT2D eigenvalue weighted by atomic mass is 9.82. The predicted molar refractivity (Wildman–Crippen MR) is 52.2 cm³/mol. The average Bonchev–Trinajstić information content (AvgIpc) is 2.32. The van der Waals surface area contributed by atoms with Crippen molar-refractivity contribution in [2.75, 3.05) is 5.73 Å². The lowest BCUT2D eigenvalue weighted by molar-refractivity contribution is 0.330. The Morgan fingerprint density at radius 3 is 2.33 bits per heavy atom. The summed E-state index contributed by atoms with van der Waals surface area (Å²) in [6.07, 6.45) is 0. The third-order valence-electron chi connectivity index (χ3n) is 2.14. The first-order valence-corrected chi connectivity index (χ1v) is 4.77. The lowest BCUT2D eigenvalue weighted by Crippen LogP contribution is -2.16. The van der Waals surface area contributed by atoms with Crippen LogP contribution >= 0.6 is 11.5 Å². The molecular formula is C8H15N3S. The molecule has 0 aliphatic heterocycles. The molecule has 1 aromatic rings. The highest BCUT2D eigenvalue weighted by Gasteiger charge is 2.24. The highest BCUT2D eigenvalue weighted by molar-refractivity contribution is 7.09. The number of nitrogens with zero attached hydrogens (tertiary/aromatic N) is 2. The molecule has 0 bridgehead atoms. The first-order valence-electron chi connectivity index (χ1n) is 4.00. The van der Waals surface area contributed by atoms with Crippen molar-refractivity contribution in [3.63, 3.8) is 0 Å². The van der Waals surface area contributed by atoms with Gasteiger partial charge < -0.3 is 5.73 Å². The molecule has 12 heavy (non-hydrogen) atoms. The Labute approximate surface area is 77.2 Å². The second-order valence-corrected chi connectivity index (χ2v) is 4.86. The Bertz CT molecular complexity index is 262. The molecule has 1 heterocycles. The van der Waals surface area contributed by atoms with Crippen LogP contribution in [0.25, 0.3) is 0 Å². The zero-order chi connectivity index (χ0) is 9.35. The molecule has 0 aliphatic carbocycles. The molecule has 1 aromatic heterocycles. The van der Waals surface area contributed by atoms with E-state index in [1.807, 2.05) is 0 Å². The smallest absolute Gasteiger partial charge is 0.199 e. The third-order valence-corrected chi connectivity index (χ3v) is 2.70. The average molecular weight is 185 g/mol. The van der Waals surface area contributed by atoms with Gasteiger partial charge in [0.15, 0.2) is 5.13 Å². The van der Waals surface area contributed by atoms with Crippen LogP contribution in [-0.2, 0) is 0 Å². The van der Waals surface area contributed by atoms with Crippen LogP contribution in [0.2, 0.25) is 0 Å². The van der Waals surface area contributed by atoms with Gasteiger partial charge in [-0.2, -0.15) is 4.37 Å². The van der Waals surface area contributed by atoms with E-state index in [1.165, 1.54) is 11.5 Å². The summed E-state index contributed by atoms with van der Waals surface area (Å²) in [6, 6.07) is 0. The van der Waals surface area contributed by atoms with Gasteiger partial charge in [0.25, 0.3) is 0 Å². The lowest BCUT2D eigenvalue weighted by Gasteiger charge is -2.24. The summed E-state index contributed by atoms with van der Waals surface area (Å²) >= 11 is 1.27.